The van der Waals surface area contributed by atoms with E-state index in [1.807, 2.05) is 0 Å². The van der Waals surface area contributed by atoms with Gasteiger partial charge in [-0.1, -0.05) is 188 Å². The molecule has 0 heterocycles. The maximum Gasteiger partial charge on any atom is 0.332 e. The Morgan fingerprint density at radius 1 is 0.407 bits per heavy atom. The van der Waals surface area contributed by atoms with Crippen molar-refractivity contribution in [2.45, 2.75) is 239 Å². The average Bonchev–Trinajstić information content (AvgIpc) is 3.17. The van der Waals surface area contributed by atoms with Gasteiger partial charge in [0.1, 0.15) is 0 Å². The van der Waals surface area contributed by atoms with Gasteiger partial charge in [-0.25, -0.2) is 0 Å². The number of unbranched alkanes of at least 4 members (excludes halogenated alkanes) is 28. The fourth-order valence-corrected chi connectivity index (χ4v) is 7.96. The largest absolute Gasteiger partial charge is 0.466 e. The normalized spacial score (nSPS) is 11.7. The Morgan fingerprint density at radius 2 is 0.722 bits per heavy atom. The smallest absolute Gasteiger partial charge is 0.332 e. The zero-order valence-corrected chi connectivity index (χ0v) is 37.5. The van der Waals surface area contributed by atoms with Crippen LogP contribution < -0.4 is 0 Å². The molecule has 0 bridgehead atoms. The van der Waals surface area contributed by atoms with Gasteiger partial charge in [0.15, 0.2) is 0 Å². The number of nitrogens with zero attached hydrogens (tertiary/aromatic N) is 1. The third kappa shape index (κ3) is 42.8. The number of esters is 1. The molecule has 0 saturated heterocycles. The van der Waals surface area contributed by atoms with Crippen LogP contribution >= 0.6 is 8.60 Å². The van der Waals surface area contributed by atoms with Gasteiger partial charge in [-0.15, -0.1) is 0 Å². The minimum atomic E-state index is -1.22. The number of carbonyl (C=O) groups excluding carboxylic acids is 1. The van der Waals surface area contributed by atoms with Gasteiger partial charge in [0, 0.05) is 13.0 Å². The van der Waals surface area contributed by atoms with Crippen LogP contribution in [0.1, 0.15) is 239 Å². The molecule has 0 aliphatic carbocycles. The van der Waals surface area contributed by atoms with E-state index in [4.69, 9.17) is 18.3 Å². The second-order valence-corrected chi connectivity index (χ2v) is 17.1. The second-order valence-electron chi connectivity index (χ2n) is 15.9. The molecule has 0 amide bonds. The first-order chi connectivity index (χ1) is 26.7. The van der Waals surface area contributed by atoms with Crippen molar-refractivity contribution < 1.29 is 28.2 Å². The van der Waals surface area contributed by atoms with Crippen LogP contribution in [0.4, 0.5) is 0 Å². The van der Waals surface area contributed by atoms with Crippen molar-refractivity contribution in [3.63, 3.8) is 0 Å². The molecule has 0 unspecified atom stereocenters. The first-order valence-electron chi connectivity index (χ1n) is 23.9. The van der Waals surface area contributed by atoms with Crippen LogP contribution in [0.5, 0.6) is 0 Å². The fraction of sp³-hybridized carbons (Fsp3) is 0.978. The summed E-state index contributed by atoms with van der Waals surface area (Å²) in [5.74, 6) is -0.0210. The van der Waals surface area contributed by atoms with Crippen LogP contribution in [-0.2, 0) is 23.1 Å². The molecule has 7 nitrogen and oxygen atoms in total. The lowest BCUT2D eigenvalue weighted by atomic mass is 10.1. The average molecular weight is 788 g/mol. The summed E-state index contributed by atoms with van der Waals surface area (Å²) >= 11 is 0. The molecule has 0 aromatic carbocycles. The molecule has 0 aliphatic heterocycles. The molecule has 0 fully saturated rings. The second kappa shape index (κ2) is 47.1. The van der Waals surface area contributed by atoms with Crippen LogP contribution in [0, 0.1) is 0 Å². The Morgan fingerprint density at radius 3 is 1.09 bits per heavy atom. The SMILES string of the molecule is CCCCCCCCCOC(=O)CCCCCCCN(CCO)CCCCCCCCCOP(OCCCCCCCCC)OCCCCCCCCC. The predicted octanol–water partition coefficient (Wildman–Crippen LogP) is 14.4. The van der Waals surface area contributed by atoms with Crippen LogP contribution in [0.25, 0.3) is 0 Å². The van der Waals surface area contributed by atoms with E-state index in [1.54, 1.807) is 0 Å². The van der Waals surface area contributed by atoms with E-state index in [2.05, 4.69) is 25.7 Å². The third-order valence-electron chi connectivity index (χ3n) is 10.5. The lowest BCUT2D eigenvalue weighted by Gasteiger charge is -2.21. The first-order valence-corrected chi connectivity index (χ1v) is 24.9. The molecule has 54 heavy (non-hydrogen) atoms. The Bertz CT molecular complexity index is 697. The first kappa shape index (κ1) is 53.7. The molecule has 0 rings (SSSR count). The summed E-state index contributed by atoms with van der Waals surface area (Å²) in [5, 5.41) is 9.56. The molecule has 8 heteroatoms. The lowest BCUT2D eigenvalue weighted by Crippen LogP contribution is -2.29. The van der Waals surface area contributed by atoms with Crippen LogP contribution in [-0.4, -0.2) is 68.6 Å². The summed E-state index contributed by atoms with van der Waals surface area (Å²) in [6.45, 7) is 12.8. The summed E-state index contributed by atoms with van der Waals surface area (Å²) in [4.78, 5) is 14.4. The fourth-order valence-electron chi connectivity index (χ4n) is 6.90. The number of hydrogen-bond donors (Lipinski definition) is 1. The van der Waals surface area contributed by atoms with E-state index in [1.165, 1.54) is 173 Å². The summed E-state index contributed by atoms with van der Waals surface area (Å²) in [7, 11) is -1.22. The van der Waals surface area contributed by atoms with Crippen molar-refractivity contribution in [3.8, 4) is 0 Å². The molecule has 0 aliphatic rings. The topological polar surface area (TPSA) is 77.5 Å². The van der Waals surface area contributed by atoms with Gasteiger partial charge in [-0.2, -0.15) is 0 Å². The Kier molecular flexibility index (Phi) is 46.8. The van der Waals surface area contributed by atoms with Gasteiger partial charge in [0.25, 0.3) is 0 Å². The van der Waals surface area contributed by atoms with Gasteiger partial charge in [0.2, 0.25) is 0 Å². The lowest BCUT2D eigenvalue weighted by molar-refractivity contribution is -0.143. The number of aliphatic hydroxyl groups is 1. The number of ether oxygens (including phenoxy) is 1. The minimum Gasteiger partial charge on any atom is -0.466 e. The van der Waals surface area contributed by atoms with E-state index >= 15 is 0 Å². The minimum absolute atomic E-state index is 0.0210. The van der Waals surface area contributed by atoms with Crippen molar-refractivity contribution >= 4 is 14.6 Å². The van der Waals surface area contributed by atoms with E-state index in [-0.39, 0.29) is 12.6 Å². The van der Waals surface area contributed by atoms with Gasteiger partial charge in [0.05, 0.1) is 33.0 Å². The molecular weight excluding hydrogens is 693 g/mol. The molecular formula is C46H94NO6P. The van der Waals surface area contributed by atoms with Crippen molar-refractivity contribution in [2.75, 3.05) is 52.7 Å². The highest BCUT2D eigenvalue weighted by molar-refractivity contribution is 7.41. The molecule has 0 aromatic heterocycles. The van der Waals surface area contributed by atoms with Gasteiger partial charge < -0.3 is 28.3 Å². The third-order valence-corrected chi connectivity index (χ3v) is 11.7. The molecule has 0 spiro atoms. The van der Waals surface area contributed by atoms with E-state index in [0.717, 1.165) is 78.0 Å². The molecule has 0 aromatic rings. The molecule has 0 radical (unpaired) electrons. The number of hydrogen-bond acceptors (Lipinski definition) is 7. The Balaban J connectivity index is 3.89. The zero-order valence-electron chi connectivity index (χ0n) is 36.6. The maximum atomic E-state index is 12.0. The van der Waals surface area contributed by atoms with E-state index < -0.39 is 8.60 Å². The van der Waals surface area contributed by atoms with Crippen molar-refractivity contribution in [1.29, 1.82) is 0 Å². The van der Waals surface area contributed by atoms with Crippen molar-refractivity contribution in [3.05, 3.63) is 0 Å². The van der Waals surface area contributed by atoms with Crippen molar-refractivity contribution in [1.82, 2.24) is 4.90 Å². The summed E-state index contributed by atoms with van der Waals surface area (Å²) in [6.07, 6.45) is 41.5. The van der Waals surface area contributed by atoms with Crippen molar-refractivity contribution in [2.24, 2.45) is 0 Å². The zero-order chi connectivity index (χ0) is 39.3. The predicted molar refractivity (Wildman–Crippen MR) is 233 cm³/mol. The highest BCUT2D eigenvalue weighted by Gasteiger charge is 2.12. The van der Waals surface area contributed by atoms with Gasteiger partial charge >= 0.3 is 14.6 Å². The molecule has 1 N–H and O–H groups in total. The number of carbonyl (C=O) groups is 1. The molecule has 0 saturated carbocycles. The van der Waals surface area contributed by atoms with Gasteiger partial charge in [-0.3, -0.25) is 4.79 Å². The van der Waals surface area contributed by atoms with Crippen LogP contribution in [0.3, 0.4) is 0 Å². The quantitative estimate of drug-likeness (QED) is 0.0374. The van der Waals surface area contributed by atoms with Crippen LogP contribution in [0.2, 0.25) is 0 Å². The standard InChI is InChI=1S/C46H94NO6P/c1-4-7-10-13-18-26-33-42-50-46(49)37-30-23-22-25-32-39-47(40-41-48)38-31-24-17-16-21-29-36-45-53-54(51-43-34-27-19-14-11-8-5-2)52-44-35-28-20-15-12-9-6-3/h48H,4-45H2,1-3H3. The number of aliphatic hydroxyl groups excluding tert-OH is 1. The highest BCUT2D eigenvalue weighted by atomic mass is 31.2. The molecule has 324 valence electrons. The molecule has 0 atom stereocenters. The highest BCUT2D eigenvalue weighted by Crippen LogP contribution is 2.40. The van der Waals surface area contributed by atoms with E-state index in [9.17, 15) is 9.90 Å². The monoisotopic (exact) mass is 788 g/mol. The van der Waals surface area contributed by atoms with Gasteiger partial charge in [-0.05, 0) is 58.0 Å². The summed E-state index contributed by atoms with van der Waals surface area (Å²) in [6, 6.07) is 0. The summed E-state index contributed by atoms with van der Waals surface area (Å²) < 4.78 is 23.8. The van der Waals surface area contributed by atoms with E-state index in [0.29, 0.717) is 13.0 Å². The Hall–Kier alpha value is -0.300. The maximum absolute atomic E-state index is 12.0. The van der Waals surface area contributed by atoms with Crippen LogP contribution in [0.15, 0.2) is 0 Å². The number of rotatable bonds is 47. The Labute approximate surface area is 338 Å². The summed E-state index contributed by atoms with van der Waals surface area (Å²) in [5.41, 5.74) is 0.